The zero-order valence-corrected chi connectivity index (χ0v) is 10.1. The van der Waals surface area contributed by atoms with Gasteiger partial charge >= 0.3 is 0 Å². The quantitative estimate of drug-likeness (QED) is 0.922. The number of carbonyl (C=O) groups is 1. The molecule has 2 aromatic rings. The fourth-order valence-electron chi connectivity index (χ4n) is 1.48. The third-order valence-electron chi connectivity index (χ3n) is 2.35. The van der Waals surface area contributed by atoms with E-state index in [0.29, 0.717) is 16.1 Å². The zero-order valence-electron chi connectivity index (χ0n) is 9.31. The van der Waals surface area contributed by atoms with Crippen LogP contribution in [0.15, 0.2) is 35.7 Å². The first-order valence-electron chi connectivity index (χ1n) is 5.21. The number of anilines is 1. The minimum Gasteiger partial charge on any atom is -0.316 e. The summed E-state index contributed by atoms with van der Waals surface area (Å²) in [6.45, 7) is 0. The topological polar surface area (TPSA) is 52.9 Å². The maximum Gasteiger partial charge on any atom is 0.229 e. The summed E-state index contributed by atoms with van der Waals surface area (Å²) in [6.07, 6.45) is -0.0462. The molecule has 0 aliphatic carbocycles. The van der Waals surface area contributed by atoms with Crippen molar-refractivity contribution in [2.24, 2.45) is 0 Å². The second kappa shape index (κ2) is 5.43. The molecule has 0 aliphatic rings. The number of thiophene rings is 1. The minimum atomic E-state index is -0.403. The second-order valence-electron chi connectivity index (χ2n) is 3.59. The molecule has 0 atom stereocenters. The first-order chi connectivity index (χ1) is 8.70. The van der Waals surface area contributed by atoms with E-state index >= 15 is 0 Å². The molecule has 0 bridgehead atoms. The third-order valence-corrected chi connectivity index (χ3v) is 3.18. The van der Waals surface area contributed by atoms with Gasteiger partial charge in [0.1, 0.15) is 16.9 Å². The van der Waals surface area contributed by atoms with Crippen LogP contribution in [0.25, 0.3) is 0 Å². The molecule has 2 rings (SSSR count). The molecule has 0 saturated heterocycles. The van der Waals surface area contributed by atoms with Gasteiger partial charge in [0.15, 0.2) is 0 Å². The Bertz CT molecular complexity index is 609. The smallest absolute Gasteiger partial charge is 0.229 e. The molecule has 0 saturated carbocycles. The summed E-state index contributed by atoms with van der Waals surface area (Å²) in [5.41, 5.74) is 0.756. The van der Waals surface area contributed by atoms with Crippen molar-refractivity contribution in [3.8, 4) is 6.07 Å². The molecule has 1 aromatic carbocycles. The first-order valence-corrected chi connectivity index (χ1v) is 6.09. The molecule has 0 fully saturated rings. The number of benzene rings is 1. The predicted octanol–water partition coefficient (Wildman–Crippen LogP) is 2.94. The van der Waals surface area contributed by atoms with Crippen LogP contribution in [0.2, 0.25) is 0 Å². The van der Waals surface area contributed by atoms with Crippen molar-refractivity contribution in [1.82, 2.24) is 0 Å². The molecule has 1 aromatic heterocycles. The summed E-state index contributed by atoms with van der Waals surface area (Å²) >= 11 is 1.27. The van der Waals surface area contributed by atoms with Gasteiger partial charge in [0.2, 0.25) is 5.91 Å². The van der Waals surface area contributed by atoms with Crippen molar-refractivity contribution in [1.29, 1.82) is 5.26 Å². The van der Waals surface area contributed by atoms with Gasteiger partial charge in [-0.25, -0.2) is 4.39 Å². The second-order valence-corrected chi connectivity index (χ2v) is 4.51. The largest absolute Gasteiger partial charge is 0.316 e. The lowest BCUT2D eigenvalue weighted by molar-refractivity contribution is -0.115. The van der Waals surface area contributed by atoms with Gasteiger partial charge in [0.05, 0.1) is 12.0 Å². The van der Waals surface area contributed by atoms with E-state index < -0.39 is 5.82 Å². The summed E-state index contributed by atoms with van der Waals surface area (Å²) in [5, 5.41) is 13.6. The highest BCUT2D eigenvalue weighted by Crippen LogP contribution is 2.22. The van der Waals surface area contributed by atoms with Crippen LogP contribution >= 0.6 is 11.3 Å². The number of carbonyl (C=O) groups excluding carboxylic acids is 1. The Hall–Kier alpha value is -2.19. The summed E-state index contributed by atoms with van der Waals surface area (Å²) < 4.78 is 13.3. The Morgan fingerprint density at radius 3 is 2.89 bits per heavy atom. The molecule has 90 valence electrons. The lowest BCUT2D eigenvalue weighted by Gasteiger charge is -2.04. The summed E-state index contributed by atoms with van der Waals surface area (Å²) in [6, 6.07) is 9.74. The molecular formula is C13H9FN2OS. The normalized spacial score (nSPS) is 9.78. The maximum atomic E-state index is 13.3. The van der Waals surface area contributed by atoms with Crippen LogP contribution in [0.3, 0.4) is 0 Å². The van der Waals surface area contributed by atoms with Gasteiger partial charge < -0.3 is 5.32 Å². The average molecular weight is 260 g/mol. The Morgan fingerprint density at radius 1 is 1.39 bits per heavy atom. The number of nitriles is 1. The van der Waals surface area contributed by atoms with Crippen molar-refractivity contribution >= 4 is 22.2 Å². The van der Waals surface area contributed by atoms with Crippen LogP contribution in [0, 0.1) is 17.1 Å². The average Bonchev–Trinajstić information content (AvgIpc) is 2.79. The van der Waals surface area contributed by atoms with E-state index in [1.165, 1.54) is 17.4 Å². The SMILES string of the molecule is N#Cc1ccsc1NC(=O)Cc1ccccc1F. The van der Waals surface area contributed by atoms with E-state index in [-0.39, 0.29) is 12.3 Å². The first kappa shape index (κ1) is 12.3. The van der Waals surface area contributed by atoms with Crippen molar-refractivity contribution in [2.75, 3.05) is 5.32 Å². The van der Waals surface area contributed by atoms with E-state index in [1.54, 1.807) is 29.6 Å². The Balaban J connectivity index is 2.06. The molecule has 1 N–H and O–H groups in total. The Labute approximate surface area is 107 Å². The van der Waals surface area contributed by atoms with E-state index in [1.807, 2.05) is 6.07 Å². The molecule has 18 heavy (non-hydrogen) atoms. The van der Waals surface area contributed by atoms with E-state index in [0.717, 1.165) is 0 Å². The molecule has 0 unspecified atom stereocenters. The van der Waals surface area contributed by atoms with Gasteiger partial charge in [-0.2, -0.15) is 5.26 Å². The Morgan fingerprint density at radius 2 is 2.17 bits per heavy atom. The zero-order chi connectivity index (χ0) is 13.0. The number of nitrogens with one attached hydrogen (secondary N) is 1. The highest BCUT2D eigenvalue weighted by molar-refractivity contribution is 7.14. The van der Waals surface area contributed by atoms with Gasteiger partial charge in [0.25, 0.3) is 0 Å². The van der Waals surface area contributed by atoms with Crippen LogP contribution in [0.4, 0.5) is 9.39 Å². The number of amides is 1. The van der Waals surface area contributed by atoms with Crippen molar-refractivity contribution in [2.45, 2.75) is 6.42 Å². The molecule has 5 heteroatoms. The van der Waals surface area contributed by atoms with Gasteiger partial charge in [-0.05, 0) is 23.1 Å². The van der Waals surface area contributed by atoms with E-state index in [2.05, 4.69) is 5.32 Å². The predicted molar refractivity (Wildman–Crippen MR) is 67.8 cm³/mol. The fraction of sp³-hybridized carbons (Fsp3) is 0.0769. The lowest BCUT2D eigenvalue weighted by atomic mass is 10.1. The van der Waals surface area contributed by atoms with Crippen LogP contribution in [-0.4, -0.2) is 5.91 Å². The molecule has 1 heterocycles. The standard InChI is InChI=1S/C13H9FN2OS/c14-11-4-2-1-3-9(11)7-12(17)16-13-10(8-15)5-6-18-13/h1-6H,7H2,(H,16,17). The molecule has 3 nitrogen and oxygen atoms in total. The molecule has 0 aliphatic heterocycles. The fourth-order valence-corrected chi connectivity index (χ4v) is 2.23. The van der Waals surface area contributed by atoms with Crippen molar-refractivity contribution in [3.63, 3.8) is 0 Å². The van der Waals surface area contributed by atoms with Crippen molar-refractivity contribution in [3.05, 3.63) is 52.7 Å². The lowest BCUT2D eigenvalue weighted by Crippen LogP contribution is -2.14. The highest BCUT2D eigenvalue weighted by Gasteiger charge is 2.10. The van der Waals surface area contributed by atoms with Crippen LogP contribution < -0.4 is 5.32 Å². The van der Waals surface area contributed by atoms with Crippen molar-refractivity contribution < 1.29 is 9.18 Å². The van der Waals surface area contributed by atoms with Gasteiger partial charge in [0, 0.05) is 0 Å². The number of halogens is 1. The van der Waals surface area contributed by atoms with Crippen LogP contribution in [0.1, 0.15) is 11.1 Å². The highest BCUT2D eigenvalue weighted by atomic mass is 32.1. The molecule has 1 amide bonds. The maximum absolute atomic E-state index is 13.3. The van der Waals surface area contributed by atoms with Gasteiger partial charge in [-0.3, -0.25) is 4.79 Å². The summed E-state index contributed by atoms with van der Waals surface area (Å²) in [4.78, 5) is 11.7. The number of hydrogen-bond acceptors (Lipinski definition) is 3. The van der Waals surface area contributed by atoms with Gasteiger partial charge in [-0.1, -0.05) is 18.2 Å². The summed E-state index contributed by atoms with van der Waals surface area (Å²) in [7, 11) is 0. The number of hydrogen-bond donors (Lipinski definition) is 1. The molecule has 0 radical (unpaired) electrons. The minimum absolute atomic E-state index is 0.0462. The number of nitrogens with zero attached hydrogens (tertiary/aromatic N) is 1. The van der Waals surface area contributed by atoms with Crippen LogP contribution in [-0.2, 0) is 11.2 Å². The van der Waals surface area contributed by atoms with E-state index in [4.69, 9.17) is 5.26 Å². The third kappa shape index (κ3) is 2.73. The monoisotopic (exact) mass is 260 g/mol. The Kier molecular flexibility index (Phi) is 3.70. The van der Waals surface area contributed by atoms with Gasteiger partial charge in [-0.15, -0.1) is 11.3 Å². The summed E-state index contributed by atoms with van der Waals surface area (Å²) in [5.74, 6) is -0.738. The van der Waals surface area contributed by atoms with Crippen LogP contribution in [0.5, 0.6) is 0 Å². The molecule has 0 spiro atoms. The molecular weight excluding hydrogens is 251 g/mol. The number of rotatable bonds is 3. The van der Waals surface area contributed by atoms with E-state index in [9.17, 15) is 9.18 Å².